The van der Waals surface area contributed by atoms with Crippen molar-refractivity contribution in [3.8, 4) is 0 Å². The van der Waals surface area contributed by atoms with Gasteiger partial charge in [0.2, 0.25) is 11.1 Å². The molecular weight excluding hydrogens is 216 g/mol. The van der Waals surface area contributed by atoms with Gasteiger partial charge >= 0.3 is 0 Å². The molecule has 0 aromatic carbocycles. The number of hydrogen-bond acceptors (Lipinski definition) is 6. The molecule has 1 aliphatic heterocycles. The Hall–Kier alpha value is -0.490. The predicted molar refractivity (Wildman–Crippen MR) is 62.9 cm³/mol. The Bertz CT molecular complexity index is 306. The summed E-state index contributed by atoms with van der Waals surface area (Å²) in [5, 5.41) is 4.12. The monoisotopic (exact) mass is 230 g/mol. The summed E-state index contributed by atoms with van der Waals surface area (Å²) in [6, 6.07) is 0. The van der Waals surface area contributed by atoms with Crippen LogP contribution in [0.2, 0.25) is 0 Å². The highest BCUT2D eigenvalue weighted by molar-refractivity contribution is 8.00. The number of nitrogens with two attached hydrogens (primary N) is 1. The van der Waals surface area contributed by atoms with Gasteiger partial charge in [0, 0.05) is 22.8 Å². The van der Waals surface area contributed by atoms with Gasteiger partial charge in [-0.2, -0.15) is 21.1 Å². The molecule has 4 nitrogen and oxygen atoms in total. The molecular formula is C8H14N4S2. The van der Waals surface area contributed by atoms with Gasteiger partial charge in [-0.15, -0.1) is 0 Å². The highest BCUT2D eigenvalue weighted by atomic mass is 32.2. The molecule has 3 N–H and O–H groups in total. The number of anilines is 2. The minimum atomic E-state index is 0.362. The molecule has 2 rings (SSSR count). The van der Waals surface area contributed by atoms with E-state index >= 15 is 0 Å². The fraction of sp³-hybridized carbons (Fsp3) is 0.750. The molecule has 0 amide bonds. The molecule has 0 saturated carbocycles. The highest BCUT2D eigenvalue weighted by Gasteiger charge is 2.29. The van der Waals surface area contributed by atoms with Crippen molar-refractivity contribution in [3.63, 3.8) is 0 Å². The zero-order valence-corrected chi connectivity index (χ0v) is 9.75. The Labute approximate surface area is 91.8 Å². The van der Waals surface area contributed by atoms with Crippen LogP contribution in [-0.2, 0) is 0 Å². The van der Waals surface area contributed by atoms with Gasteiger partial charge in [0.05, 0.1) is 0 Å². The lowest BCUT2D eigenvalue weighted by atomic mass is 10.1. The maximum Gasteiger partial charge on any atom is 0.233 e. The molecule has 1 aromatic rings. The third kappa shape index (κ3) is 2.30. The Morgan fingerprint density at radius 2 is 2.50 bits per heavy atom. The summed E-state index contributed by atoms with van der Waals surface area (Å²) in [4.78, 5) is 4.07. The quantitative estimate of drug-likeness (QED) is 0.829. The summed E-state index contributed by atoms with van der Waals surface area (Å²) >= 11 is 3.36. The van der Waals surface area contributed by atoms with Crippen LogP contribution in [0.4, 0.5) is 11.1 Å². The van der Waals surface area contributed by atoms with Crippen molar-refractivity contribution in [2.45, 2.75) is 24.5 Å². The van der Waals surface area contributed by atoms with Crippen molar-refractivity contribution in [1.82, 2.24) is 9.36 Å². The molecule has 1 atom stereocenters. The average molecular weight is 230 g/mol. The van der Waals surface area contributed by atoms with E-state index in [4.69, 9.17) is 5.73 Å². The van der Waals surface area contributed by atoms with E-state index in [9.17, 15) is 0 Å². The van der Waals surface area contributed by atoms with E-state index in [1.807, 2.05) is 11.8 Å². The summed E-state index contributed by atoms with van der Waals surface area (Å²) < 4.78 is 4.29. The fourth-order valence-corrected chi connectivity index (χ4v) is 3.28. The molecule has 0 spiro atoms. The predicted octanol–water partition coefficient (Wildman–Crippen LogP) is 1.82. The van der Waals surface area contributed by atoms with Gasteiger partial charge in [-0.1, -0.05) is 0 Å². The zero-order valence-electron chi connectivity index (χ0n) is 8.12. The van der Waals surface area contributed by atoms with Crippen molar-refractivity contribution in [3.05, 3.63) is 0 Å². The van der Waals surface area contributed by atoms with Crippen molar-refractivity contribution < 1.29 is 0 Å². The highest BCUT2D eigenvalue weighted by Crippen LogP contribution is 2.37. The smallest absolute Gasteiger partial charge is 0.233 e. The molecule has 0 aliphatic carbocycles. The molecule has 0 radical (unpaired) electrons. The minimum Gasteiger partial charge on any atom is -0.367 e. The Morgan fingerprint density at radius 3 is 3.07 bits per heavy atom. The second-order valence-electron chi connectivity index (χ2n) is 3.71. The summed E-state index contributed by atoms with van der Waals surface area (Å²) in [7, 11) is 0. The van der Waals surface area contributed by atoms with E-state index in [1.54, 1.807) is 0 Å². The number of nitrogens with zero attached hydrogens (tertiary/aromatic N) is 2. The number of aromatic nitrogens is 2. The Morgan fingerprint density at radius 1 is 1.64 bits per heavy atom. The molecule has 1 aliphatic rings. The first-order valence-electron chi connectivity index (χ1n) is 4.65. The van der Waals surface area contributed by atoms with Crippen LogP contribution in [-0.4, -0.2) is 26.4 Å². The van der Waals surface area contributed by atoms with E-state index < -0.39 is 0 Å². The second-order valence-corrected chi connectivity index (χ2v) is 6.15. The number of nitrogen functional groups attached to an aromatic ring is 1. The summed E-state index contributed by atoms with van der Waals surface area (Å²) in [6.07, 6.45) is 2.60. The number of nitrogens with one attached hydrogen (secondary N) is 1. The van der Waals surface area contributed by atoms with Crippen LogP contribution in [0.3, 0.4) is 0 Å². The first-order valence-corrected chi connectivity index (χ1v) is 6.41. The van der Waals surface area contributed by atoms with Crippen LogP contribution in [0.25, 0.3) is 0 Å². The van der Waals surface area contributed by atoms with E-state index in [0.717, 1.165) is 11.7 Å². The lowest BCUT2D eigenvalue weighted by Gasteiger charge is -2.22. The molecule has 78 valence electrons. The molecule has 1 aromatic heterocycles. The maximum atomic E-state index is 5.44. The van der Waals surface area contributed by atoms with Crippen LogP contribution < -0.4 is 11.1 Å². The van der Waals surface area contributed by atoms with Crippen LogP contribution in [0, 0.1) is 0 Å². The Kier molecular flexibility index (Phi) is 2.83. The average Bonchev–Trinajstić information content (AvgIpc) is 2.73. The third-order valence-corrected chi connectivity index (χ3v) is 4.58. The second kappa shape index (κ2) is 3.94. The summed E-state index contributed by atoms with van der Waals surface area (Å²) in [5.41, 5.74) is 5.44. The lowest BCUT2D eigenvalue weighted by molar-refractivity contribution is 0.634. The Balaban J connectivity index is 1.87. The summed E-state index contributed by atoms with van der Waals surface area (Å²) in [6.45, 7) is 3.24. The van der Waals surface area contributed by atoms with Crippen LogP contribution in [0.15, 0.2) is 0 Å². The van der Waals surface area contributed by atoms with E-state index in [2.05, 4.69) is 21.6 Å². The maximum absolute atomic E-state index is 5.44. The molecule has 2 heterocycles. The van der Waals surface area contributed by atoms with E-state index in [0.29, 0.717) is 10.7 Å². The normalized spacial score (nSPS) is 26.6. The van der Waals surface area contributed by atoms with Crippen LogP contribution in [0.1, 0.15) is 19.8 Å². The zero-order chi connectivity index (χ0) is 10.0. The van der Waals surface area contributed by atoms with Gasteiger partial charge in [-0.3, -0.25) is 0 Å². The van der Waals surface area contributed by atoms with Crippen LogP contribution in [0.5, 0.6) is 0 Å². The molecule has 6 heteroatoms. The fourth-order valence-electron chi connectivity index (χ4n) is 1.55. The number of rotatable bonds is 3. The van der Waals surface area contributed by atoms with Crippen LogP contribution >= 0.6 is 23.3 Å². The largest absolute Gasteiger partial charge is 0.367 e. The van der Waals surface area contributed by atoms with E-state index in [-0.39, 0.29) is 0 Å². The van der Waals surface area contributed by atoms with Gasteiger partial charge < -0.3 is 11.1 Å². The van der Waals surface area contributed by atoms with Gasteiger partial charge in [-0.25, -0.2) is 0 Å². The molecule has 1 fully saturated rings. The molecule has 0 bridgehead atoms. The van der Waals surface area contributed by atoms with Gasteiger partial charge in [0.25, 0.3) is 0 Å². The van der Waals surface area contributed by atoms with Gasteiger partial charge in [0.15, 0.2) is 0 Å². The molecule has 1 saturated heterocycles. The first-order chi connectivity index (χ1) is 6.68. The van der Waals surface area contributed by atoms with Crippen molar-refractivity contribution >= 4 is 34.4 Å². The molecule has 14 heavy (non-hydrogen) atoms. The lowest BCUT2D eigenvalue weighted by Crippen LogP contribution is -2.26. The van der Waals surface area contributed by atoms with Gasteiger partial charge in [0.1, 0.15) is 0 Å². The number of hydrogen-bond donors (Lipinski definition) is 2. The van der Waals surface area contributed by atoms with E-state index in [1.165, 1.54) is 30.1 Å². The summed E-state index contributed by atoms with van der Waals surface area (Å²) in [5.74, 6) is 1.64. The molecule has 1 unspecified atom stereocenters. The van der Waals surface area contributed by atoms with Crippen molar-refractivity contribution in [2.75, 3.05) is 23.3 Å². The standard InChI is InChI=1S/C8H14N4S2/c1-8(3-2-4-13-8)5-10-7-11-6(9)12-14-7/h2-5H2,1H3,(H3,9,10,11,12). The van der Waals surface area contributed by atoms with Crippen molar-refractivity contribution in [1.29, 1.82) is 0 Å². The third-order valence-electron chi connectivity index (χ3n) is 2.36. The van der Waals surface area contributed by atoms with Crippen molar-refractivity contribution in [2.24, 2.45) is 0 Å². The topological polar surface area (TPSA) is 63.8 Å². The van der Waals surface area contributed by atoms with Gasteiger partial charge in [-0.05, 0) is 25.5 Å². The first kappa shape index (κ1) is 10.0. The SMILES string of the molecule is CC1(CNc2nc(N)ns2)CCCS1. The minimum absolute atomic E-state index is 0.362. The number of thioether (sulfide) groups is 1.